The van der Waals surface area contributed by atoms with Gasteiger partial charge in [0.2, 0.25) is 0 Å². The summed E-state index contributed by atoms with van der Waals surface area (Å²) in [6.45, 7) is 2.68. The number of rotatable bonds is 7. The minimum atomic E-state index is 0.531. The van der Waals surface area contributed by atoms with Crippen LogP contribution in [0.15, 0.2) is 18.2 Å². The number of methoxy groups -OCH3 is 2. The van der Waals surface area contributed by atoms with Crippen LogP contribution in [-0.2, 0) is 4.74 Å². The highest BCUT2D eigenvalue weighted by Crippen LogP contribution is 2.52. The molecule has 1 aromatic rings. The smallest absolute Gasteiger partial charge is 0.123 e. The van der Waals surface area contributed by atoms with Crippen LogP contribution in [0.2, 0.25) is 5.02 Å². The summed E-state index contributed by atoms with van der Waals surface area (Å²) in [5.41, 5.74) is 1.17. The summed E-state index contributed by atoms with van der Waals surface area (Å²) in [5.74, 6) is 2.10. The first-order valence-electron chi connectivity index (χ1n) is 6.30. The van der Waals surface area contributed by atoms with Gasteiger partial charge in [-0.3, -0.25) is 0 Å². The molecule has 0 spiro atoms. The number of hydrogen-bond acceptors (Lipinski definition) is 3. The maximum Gasteiger partial charge on any atom is 0.123 e. The van der Waals surface area contributed by atoms with E-state index in [4.69, 9.17) is 21.1 Å². The normalized spacial score (nSPS) is 21.9. The Bertz CT molecular complexity index is 397. The van der Waals surface area contributed by atoms with E-state index in [-0.39, 0.29) is 0 Å². The predicted octanol–water partition coefficient (Wildman–Crippen LogP) is 2.69. The average molecular weight is 270 g/mol. The Labute approximate surface area is 113 Å². The highest BCUT2D eigenvalue weighted by Gasteiger charge is 2.40. The summed E-state index contributed by atoms with van der Waals surface area (Å²) >= 11 is 6.27. The molecule has 2 atom stereocenters. The summed E-state index contributed by atoms with van der Waals surface area (Å²) in [4.78, 5) is 0. The van der Waals surface area contributed by atoms with Crippen molar-refractivity contribution in [1.29, 1.82) is 0 Å². The number of benzene rings is 1. The first-order chi connectivity index (χ1) is 8.77. The fourth-order valence-electron chi connectivity index (χ4n) is 2.34. The number of nitrogens with one attached hydrogen (secondary N) is 1. The highest BCUT2D eigenvalue weighted by atomic mass is 35.5. The molecule has 1 N–H and O–H groups in total. The lowest BCUT2D eigenvalue weighted by molar-refractivity contribution is 0.199. The molecule has 1 saturated carbocycles. The van der Waals surface area contributed by atoms with E-state index >= 15 is 0 Å². The van der Waals surface area contributed by atoms with Gasteiger partial charge in [-0.1, -0.05) is 17.7 Å². The molecule has 3 nitrogen and oxygen atoms in total. The van der Waals surface area contributed by atoms with Crippen LogP contribution >= 0.6 is 11.6 Å². The summed E-state index contributed by atoms with van der Waals surface area (Å²) < 4.78 is 10.4. The van der Waals surface area contributed by atoms with Crippen LogP contribution in [0.5, 0.6) is 5.75 Å². The summed E-state index contributed by atoms with van der Waals surface area (Å²) in [6.07, 6.45) is 1.18. The molecule has 0 heterocycles. The van der Waals surface area contributed by atoms with Gasteiger partial charge in [-0.2, -0.15) is 0 Å². The Hall–Kier alpha value is -0.770. The van der Waals surface area contributed by atoms with Gasteiger partial charge in [0.05, 0.1) is 13.7 Å². The SMILES string of the molecule is COCCNCC1CC1c1c(Cl)cccc1OC. The standard InChI is InChI=1S/C14H20ClNO2/c1-17-7-6-16-9-10-8-11(10)14-12(15)4-3-5-13(14)18-2/h3-5,10-11,16H,6-9H2,1-2H3. The van der Waals surface area contributed by atoms with Crippen LogP contribution in [-0.4, -0.2) is 33.9 Å². The summed E-state index contributed by atoms with van der Waals surface area (Å²) in [5, 5.41) is 4.21. The average Bonchev–Trinajstić information content (AvgIpc) is 3.13. The molecular formula is C14H20ClNO2. The Morgan fingerprint density at radius 2 is 2.22 bits per heavy atom. The van der Waals surface area contributed by atoms with Gasteiger partial charge in [0.25, 0.3) is 0 Å². The Morgan fingerprint density at radius 1 is 1.39 bits per heavy atom. The Kier molecular flexibility index (Phi) is 4.87. The summed E-state index contributed by atoms with van der Waals surface area (Å²) in [7, 11) is 3.42. The monoisotopic (exact) mass is 269 g/mol. The molecule has 0 bridgehead atoms. The molecule has 1 aliphatic rings. The van der Waals surface area contributed by atoms with Crippen molar-refractivity contribution < 1.29 is 9.47 Å². The molecule has 4 heteroatoms. The van der Waals surface area contributed by atoms with E-state index in [0.717, 1.165) is 30.5 Å². The molecule has 100 valence electrons. The zero-order valence-electron chi connectivity index (χ0n) is 10.9. The zero-order chi connectivity index (χ0) is 13.0. The van der Waals surface area contributed by atoms with Gasteiger partial charge in [-0.15, -0.1) is 0 Å². The van der Waals surface area contributed by atoms with E-state index in [1.54, 1.807) is 14.2 Å². The van der Waals surface area contributed by atoms with Crippen LogP contribution in [0.1, 0.15) is 17.9 Å². The second-order valence-electron chi connectivity index (χ2n) is 4.65. The molecule has 0 aromatic heterocycles. The molecular weight excluding hydrogens is 250 g/mol. The third-order valence-electron chi connectivity index (χ3n) is 3.42. The molecule has 0 radical (unpaired) electrons. The van der Waals surface area contributed by atoms with Crippen LogP contribution < -0.4 is 10.1 Å². The molecule has 0 amide bonds. The molecule has 2 rings (SSSR count). The van der Waals surface area contributed by atoms with Crippen LogP contribution in [0.4, 0.5) is 0 Å². The van der Waals surface area contributed by atoms with E-state index in [9.17, 15) is 0 Å². The first-order valence-corrected chi connectivity index (χ1v) is 6.67. The first kappa shape index (κ1) is 13.7. The van der Waals surface area contributed by atoms with Crippen molar-refractivity contribution in [3.05, 3.63) is 28.8 Å². The van der Waals surface area contributed by atoms with Gasteiger partial charge < -0.3 is 14.8 Å². The second-order valence-corrected chi connectivity index (χ2v) is 5.06. The van der Waals surface area contributed by atoms with E-state index in [1.165, 1.54) is 12.0 Å². The van der Waals surface area contributed by atoms with Crippen molar-refractivity contribution in [1.82, 2.24) is 5.32 Å². The predicted molar refractivity (Wildman–Crippen MR) is 73.6 cm³/mol. The molecule has 2 unspecified atom stereocenters. The maximum absolute atomic E-state index is 6.27. The largest absolute Gasteiger partial charge is 0.496 e. The van der Waals surface area contributed by atoms with Crippen LogP contribution in [0, 0.1) is 5.92 Å². The quantitative estimate of drug-likeness (QED) is 0.772. The van der Waals surface area contributed by atoms with E-state index in [1.807, 2.05) is 18.2 Å². The molecule has 0 aliphatic heterocycles. The Balaban J connectivity index is 1.91. The second kappa shape index (κ2) is 6.41. The topological polar surface area (TPSA) is 30.5 Å². The zero-order valence-corrected chi connectivity index (χ0v) is 11.7. The van der Waals surface area contributed by atoms with Crippen LogP contribution in [0.3, 0.4) is 0 Å². The third kappa shape index (κ3) is 3.16. The van der Waals surface area contributed by atoms with Crippen molar-refractivity contribution >= 4 is 11.6 Å². The van der Waals surface area contributed by atoms with Gasteiger partial charge in [-0.05, 0) is 36.9 Å². The van der Waals surface area contributed by atoms with Crippen molar-refractivity contribution in [3.8, 4) is 5.75 Å². The van der Waals surface area contributed by atoms with Gasteiger partial charge in [-0.25, -0.2) is 0 Å². The summed E-state index contributed by atoms with van der Waals surface area (Å²) in [6, 6.07) is 5.85. The van der Waals surface area contributed by atoms with Gasteiger partial charge >= 0.3 is 0 Å². The molecule has 1 fully saturated rings. The molecule has 18 heavy (non-hydrogen) atoms. The van der Waals surface area contributed by atoms with Crippen molar-refractivity contribution in [2.45, 2.75) is 12.3 Å². The lowest BCUT2D eigenvalue weighted by atomic mass is 10.1. The van der Waals surface area contributed by atoms with Crippen molar-refractivity contribution in [2.75, 3.05) is 33.9 Å². The van der Waals surface area contributed by atoms with Gasteiger partial charge in [0.1, 0.15) is 5.75 Å². The number of hydrogen-bond donors (Lipinski definition) is 1. The number of halogens is 1. The fourth-order valence-corrected chi connectivity index (χ4v) is 2.65. The highest BCUT2D eigenvalue weighted by molar-refractivity contribution is 6.31. The molecule has 1 aromatic carbocycles. The minimum absolute atomic E-state index is 0.531. The third-order valence-corrected chi connectivity index (χ3v) is 3.75. The Morgan fingerprint density at radius 3 is 2.94 bits per heavy atom. The molecule has 1 aliphatic carbocycles. The molecule has 0 saturated heterocycles. The van der Waals surface area contributed by atoms with Gasteiger partial charge in [0, 0.05) is 24.2 Å². The lowest BCUT2D eigenvalue weighted by Gasteiger charge is -2.10. The van der Waals surface area contributed by atoms with E-state index < -0.39 is 0 Å². The minimum Gasteiger partial charge on any atom is -0.496 e. The van der Waals surface area contributed by atoms with Crippen LogP contribution in [0.25, 0.3) is 0 Å². The van der Waals surface area contributed by atoms with Crippen molar-refractivity contribution in [2.24, 2.45) is 5.92 Å². The lowest BCUT2D eigenvalue weighted by Crippen LogP contribution is -2.21. The van der Waals surface area contributed by atoms with Crippen molar-refractivity contribution in [3.63, 3.8) is 0 Å². The van der Waals surface area contributed by atoms with Gasteiger partial charge in [0.15, 0.2) is 0 Å². The van der Waals surface area contributed by atoms with E-state index in [0.29, 0.717) is 11.8 Å². The van der Waals surface area contributed by atoms with E-state index in [2.05, 4.69) is 5.32 Å². The maximum atomic E-state index is 6.27. The fraction of sp³-hybridized carbons (Fsp3) is 0.571. The number of ether oxygens (including phenoxy) is 2.